The van der Waals surface area contributed by atoms with Crippen LogP contribution in [0, 0.1) is 34.5 Å². The predicted octanol–water partition coefficient (Wildman–Crippen LogP) is 3.98. The lowest BCUT2D eigenvalue weighted by molar-refractivity contribution is -0.150. The Morgan fingerprint density at radius 2 is 1.85 bits per heavy atom. The predicted molar refractivity (Wildman–Crippen MR) is 99.6 cm³/mol. The van der Waals surface area contributed by atoms with E-state index in [0.29, 0.717) is 11.3 Å². The number of carbonyl (C=O) groups is 2. The van der Waals surface area contributed by atoms with Crippen molar-refractivity contribution in [2.24, 2.45) is 39.6 Å². The van der Waals surface area contributed by atoms with Gasteiger partial charge in [-0.25, -0.2) is 10.2 Å². The lowest BCUT2D eigenvalue weighted by atomic mass is 9.45. The lowest BCUT2D eigenvalue weighted by Crippen LogP contribution is -2.52. The quantitative estimate of drug-likeness (QED) is 0.548. The van der Waals surface area contributed by atoms with Gasteiger partial charge in [-0.15, -0.1) is 0 Å². The average molecular weight is 360 g/mol. The van der Waals surface area contributed by atoms with Crippen LogP contribution in [-0.2, 0) is 9.59 Å². The van der Waals surface area contributed by atoms with Crippen LogP contribution in [0.15, 0.2) is 5.10 Å². The zero-order valence-corrected chi connectivity index (χ0v) is 16.1. The molecule has 0 unspecified atom stereocenters. The van der Waals surface area contributed by atoms with Gasteiger partial charge in [-0.2, -0.15) is 5.10 Å². The van der Waals surface area contributed by atoms with Crippen LogP contribution in [-0.4, -0.2) is 22.7 Å². The van der Waals surface area contributed by atoms with Crippen LogP contribution < -0.4 is 5.43 Å². The molecule has 0 aliphatic heterocycles. The Kier molecular flexibility index (Phi) is 4.39. The van der Waals surface area contributed by atoms with Crippen molar-refractivity contribution in [1.82, 2.24) is 5.43 Å². The summed E-state index contributed by atoms with van der Waals surface area (Å²) in [6, 6.07) is 0. The van der Waals surface area contributed by atoms with E-state index in [1.54, 1.807) is 0 Å². The summed E-state index contributed by atoms with van der Waals surface area (Å²) in [7, 11) is 0. The van der Waals surface area contributed by atoms with E-state index in [9.17, 15) is 9.59 Å². The maximum atomic E-state index is 11.4. The van der Waals surface area contributed by atoms with E-state index in [1.807, 2.05) is 0 Å². The van der Waals surface area contributed by atoms with E-state index in [4.69, 9.17) is 5.11 Å². The van der Waals surface area contributed by atoms with Crippen molar-refractivity contribution in [3.63, 3.8) is 0 Å². The second-order valence-electron chi connectivity index (χ2n) is 9.70. The number of carboxylic acid groups (broad SMARTS) is 1. The smallest absolute Gasteiger partial charge is 0.396 e. The van der Waals surface area contributed by atoms with Gasteiger partial charge in [0.2, 0.25) is 0 Å². The van der Waals surface area contributed by atoms with E-state index >= 15 is 0 Å². The standard InChI is InChI=1S/C21H32N2O3/c1-20-11-4-3-5-13(20)6-7-14-15-8-9-17(22-23-18(24)19(25)26)21(15,2)12-10-16(14)20/h13-16H,3-12H2,1-2H3,(H,23,24)(H,25,26)/b22-17-/t13-,14+,15+,16+,20+,21+/m1/s1. The van der Waals surface area contributed by atoms with Gasteiger partial charge < -0.3 is 5.11 Å². The van der Waals surface area contributed by atoms with Crippen LogP contribution in [0.5, 0.6) is 0 Å². The van der Waals surface area contributed by atoms with Crippen molar-refractivity contribution < 1.29 is 14.7 Å². The van der Waals surface area contributed by atoms with Gasteiger partial charge in [0.05, 0.1) is 0 Å². The third kappa shape index (κ3) is 2.61. The third-order valence-electron chi connectivity index (χ3n) is 8.81. The molecule has 0 aromatic rings. The molecule has 0 spiro atoms. The normalized spacial score (nSPS) is 46.2. The number of carbonyl (C=O) groups excluding carboxylic acids is 1. The Morgan fingerprint density at radius 3 is 2.62 bits per heavy atom. The first-order chi connectivity index (χ1) is 12.4. The summed E-state index contributed by atoms with van der Waals surface area (Å²) in [6.07, 6.45) is 12.8. The summed E-state index contributed by atoms with van der Waals surface area (Å²) in [6.45, 7) is 4.88. The highest BCUT2D eigenvalue weighted by atomic mass is 16.4. The fourth-order valence-electron chi connectivity index (χ4n) is 7.43. The minimum atomic E-state index is -1.47. The molecule has 26 heavy (non-hydrogen) atoms. The maximum Gasteiger partial charge on any atom is 0.396 e. The molecule has 0 aromatic heterocycles. The third-order valence-corrected chi connectivity index (χ3v) is 8.81. The number of nitrogens with one attached hydrogen (secondary N) is 1. The van der Waals surface area contributed by atoms with Crippen LogP contribution in [0.4, 0.5) is 0 Å². The van der Waals surface area contributed by atoms with Gasteiger partial charge in [0.25, 0.3) is 0 Å². The first kappa shape index (κ1) is 18.0. The lowest BCUT2D eigenvalue weighted by Gasteiger charge is -2.59. The van der Waals surface area contributed by atoms with Crippen LogP contribution in [0.3, 0.4) is 0 Å². The van der Waals surface area contributed by atoms with Crippen molar-refractivity contribution >= 4 is 17.6 Å². The van der Waals surface area contributed by atoms with Gasteiger partial charge in [-0.1, -0.05) is 26.7 Å². The minimum Gasteiger partial charge on any atom is -0.474 e. The van der Waals surface area contributed by atoms with Gasteiger partial charge in [0.1, 0.15) is 0 Å². The van der Waals surface area contributed by atoms with E-state index in [1.165, 1.54) is 44.9 Å². The molecule has 0 saturated heterocycles. The van der Waals surface area contributed by atoms with Crippen LogP contribution in [0.25, 0.3) is 0 Å². The van der Waals surface area contributed by atoms with Gasteiger partial charge >= 0.3 is 11.9 Å². The van der Waals surface area contributed by atoms with E-state index in [2.05, 4.69) is 24.4 Å². The molecule has 4 aliphatic rings. The van der Waals surface area contributed by atoms with Crippen molar-refractivity contribution in [3.8, 4) is 0 Å². The summed E-state index contributed by atoms with van der Waals surface area (Å²) in [5, 5.41) is 13.0. The first-order valence-electron chi connectivity index (χ1n) is 10.5. The fraction of sp³-hybridized carbons (Fsp3) is 0.857. The maximum absolute atomic E-state index is 11.4. The number of hydrazone groups is 1. The second-order valence-corrected chi connectivity index (χ2v) is 9.70. The molecule has 4 saturated carbocycles. The monoisotopic (exact) mass is 360 g/mol. The van der Waals surface area contributed by atoms with E-state index in [-0.39, 0.29) is 5.41 Å². The first-order valence-corrected chi connectivity index (χ1v) is 10.5. The number of aliphatic carboxylic acids is 1. The molecule has 0 aromatic carbocycles. The number of fused-ring (bicyclic) bond motifs is 5. The summed E-state index contributed by atoms with van der Waals surface area (Å²) in [4.78, 5) is 22.1. The number of carboxylic acids is 1. The molecule has 4 fully saturated rings. The molecule has 4 aliphatic carbocycles. The Hall–Kier alpha value is -1.39. The van der Waals surface area contributed by atoms with Crippen molar-refractivity contribution in [1.29, 1.82) is 0 Å². The van der Waals surface area contributed by atoms with Crippen LogP contribution in [0.1, 0.15) is 78.1 Å². The highest BCUT2D eigenvalue weighted by molar-refractivity contribution is 6.31. The topological polar surface area (TPSA) is 78.8 Å². The summed E-state index contributed by atoms with van der Waals surface area (Å²) >= 11 is 0. The Morgan fingerprint density at radius 1 is 1.04 bits per heavy atom. The summed E-state index contributed by atoms with van der Waals surface area (Å²) in [5.74, 6) is 0.672. The molecule has 6 atom stereocenters. The van der Waals surface area contributed by atoms with Gasteiger partial charge in [0.15, 0.2) is 0 Å². The molecule has 0 radical (unpaired) electrons. The number of amides is 1. The van der Waals surface area contributed by atoms with Crippen molar-refractivity contribution in [2.75, 3.05) is 0 Å². The van der Waals surface area contributed by atoms with Crippen LogP contribution >= 0.6 is 0 Å². The number of hydrogen-bond donors (Lipinski definition) is 2. The molecule has 1 amide bonds. The minimum absolute atomic E-state index is 0.0326. The molecule has 2 N–H and O–H groups in total. The summed E-state index contributed by atoms with van der Waals surface area (Å²) < 4.78 is 0. The van der Waals surface area contributed by atoms with Gasteiger partial charge in [0, 0.05) is 11.1 Å². The molecular formula is C21H32N2O3. The average Bonchev–Trinajstić information content (AvgIpc) is 2.95. The molecule has 0 bridgehead atoms. The molecular weight excluding hydrogens is 328 g/mol. The molecule has 4 rings (SSSR count). The highest BCUT2D eigenvalue weighted by Gasteiger charge is 2.58. The Bertz CT molecular complexity index is 645. The summed E-state index contributed by atoms with van der Waals surface area (Å²) in [5.41, 5.74) is 3.84. The molecule has 0 heterocycles. The molecule has 5 nitrogen and oxygen atoms in total. The van der Waals surface area contributed by atoms with E-state index < -0.39 is 11.9 Å². The number of nitrogens with zero attached hydrogens (tertiary/aromatic N) is 1. The molecule has 5 heteroatoms. The zero-order chi connectivity index (χ0) is 18.5. The van der Waals surface area contributed by atoms with Crippen molar-refractivity contribution in [2.45, 2.75) is 78.1 Å². The number of rotatable bonds is 1. The van der Waals surface area contributed by atoms with E-state index in [0.717, 1.165) is 42.7 Å². The molecule has 144 valence electrons. The zero-order valence-electron chi connectivity index (χ0n) is 16.1. The van der Waals surface area contributed by atoms with Crippen LogP contribution in [0.2, 0.25) is 0 Å². The second kappa shape index (κ2) is 6.35. The van der Waals surface area contributed by atoms with Crippen molar-refractivity contribution in [3.05, 3.63) is 0 Å². The Balaban J connectivity index is 1.55. The largest absolute Gasteiger partial charge is 0.474 e. The fourth-order valence-corrected chi connectivity index (χ4v) is 7.43. The van der Waals surface area contributed by atoms with Gasteiger partial charge in [-0.3, -0.25) is 4.79 Å². The Labute approximate surface area is 156 Å². The highest BCUT2D eigenvalue weighted by Crippen LogP contribution is 2.65. The van der Waals surface area contributed by atoms with Gasteiger partial charge in [-0.05, 0) is 80.5 Å². The number of hydrogen-bond acceptors (Lipinski definition) is 3. The SMILES string of the molecule is C[C@]12CCCC[C@@H]1CC[C@@H]1[C@@H]2CC[C@]2(C)/C(=N\NC(=O)C(=O)O)CC[C@@H]12.